The van der Waals surface area contributed by atoms with Gasteiger partial charge in [0, 0.05) is 18.6 Å². The summed E-state index contributed by atoms with van der Waals surface area (Å²) in [6.07, 6.45) is 3.23. The number of ether oxygens (including phenoxy) is 1. The molecule has 0 spiro atoms. The second kappa shape index (κ2) is 7.34. The van der Waals surface area contributed by atoms with Gasteiger partial charge < -0.3 is 20.1 Å². The molecule has 2 aliphatic rings. The van der Waals surface area contributed by atoms with Gasteiger partial charge in [0.25, 0.3) is 0 Å². The van der Waals surface area contributed by atoms with Gasteiger partial charge in [0.15, 0.2) is 0 Å². The Bertz CT molecular complexity index is 571. The van der Waals surface area contributed by atoms with Crippen LogP contribution >= 0.6 is 0 Å². The van der Waals surface area contributed by atoms with Crippen molar-refractivity contribution < 1.29 is 23.4 Å². The van der Waals surface area contributed by atoms with Gasteiger partial charge in [-0.2, -0.15) is 8.78 Å². The number of benzene rings is 1. The molecular formula is C17H22F2N2O3. The summed E-state index contributed by atoms with van der Waals surface area (Å²) >= 11 is 0. The zero-order valence-electron chi connectivity index (χ0n) is 13.3. The second-order valence-corrected chi connectivity index (χ2v) is 6.39. The van der Waals surface area contributed by atoms with Gasteiger partial charge in [0.1, 0.15) is 5.75 Å². The summed E-state index contributed by atoms with van der Waals surface area (Å²) in [5.41, 5.74) is 0.634. The molecule has 0 saturated carbocycles. The maximum Gasteiger partial charge on any atom is 0.387 e. The number of fused-ring (bicyclic) bond motifs is 2. The molecule has 5 nitrogen and oxygen atoms in total. The van der Waals surface area contributed by atoms with Gasteiger partial charge in [-0.15, -0.1) is 0 Å². The van der Waals surface area contributed by atoms with E-state index in [1.165, 1.54) is 6.07 Å². The molecule has 0 aromatic heterocycles. The highest BCUT2D eigenvalue weighted by Gasteiger charge is 2.42. The Morgan fingerprint density at radius 3 is 2.62 bits per heavy atom. The lowest BCUT2D eigenvalue weighted by atomic mass is 10.0. The molecule has 2 amide bonds. The van der Waals surface area contributed by atoms with Crippen LogP contribution in [0.5, 0.6) is 5.75 Å². The van der Waals surface area contributed by atoms with Crippen LogP contribution in [0.25, 0.3) is 0 Å². The number of halogens is 2. The molecule has 7 heteroatoms. The summed E-state index contributed by atoms with van der Waals surface area (Å²) in [5, 5.41) is 12.6. The Kier molecular flexibility index (Phi) is 5.18. The van der Waals surface area contributed by atoms with Crippen molar-refractivity contribution in [2.45, 2.75) is 56.9 Å². The number of nitrogens with zero attached hydrogens (tertiary/aromatic N) is 1. The van der Waals surface area contributed by atoms with Crippen molar-refractivity contribution in [2.24, 2.45) is 0 Å². The van der Waals surface area contributed by atoms with Crippen LogP contribution in [0.4, 0.5) is 13.6 Å². The zero-order chi connectivity index (χ0) is 17.1. The number of carbonyl (C=O) groups excluding carboxylic acids is 1. The van der Waals surface area contributed by atoms with Crippen LogP contribution in [0, 0.1) is 0 Å². The number of alkyl halides is 2. The van der Waals surface area contributed by atoms with Gasteiger partial charge in [0.05, 0.1) is 6.10 Å². The molecule has 2 aliphatic heterocycles. The van der Waals surface area contributed by atoms with Crippen LogP contribution in [0.15, 0.2) is 24.3 Å². The molecule has 3 rings (SSSR count). The number of aliphatic hydroxyl groups excluding tert-OH is 1. The minimum absolute atomic E-state index is 0.105. The fourth-order valence-corrected chi connectivity index (χ4v) is 3.80. The average Bonchev–Trinajstić information content (AvgIpc) is 2.80. The first-order chi connectivity index (χ1) is 11.5. The molecule has 1 aromatic carbocycles. The van der Waals surface area contributed by atoms with Crippen LogP contribution in [0.2, 0.25) is 0 Å². The molecule has 0 aliphatic carbocycles. The van der Waals surface area contributed by atoms with Crippen LogP contribution in [0.3, 0.4) is 0 Å². The Labute approximate surface area is 139 Å². The zero-order valence-corrected chi connectivity index (χ0v) is 13.3. The van der Waals surface area contributed by atoms with E-state index in [-0.39, 0.29) is 30.0 Å². The first kappa shape index (κ1) is 17.0. The van der Waals surface area contributed by atoms with E-state index in [2.05, 4.69) is 10.1 Å². The molecular weight excluding hydrogens is 318 g/mol. The predicted octanol–water partition coefficient (Wildman–Crippen LogP) is 2.53. The van der Waals surface area contributed by atoms with Gasteiger partial charge in [-0.25, -0.2) is 4.79 Å². The molecule has 2 fully saturated rings. The fourth-order valence-electron chi connectivity index (χ4n) is 3.80. The number of urea groups is 1. The summed E-state index contributed by atoms with van der Waals surface area (Å²) in [4.78, 5) is 14.2. The molecule has 0 radical (unpaired) electrons. The maximum atomic E-state index is 12.4. The second-order valence-electron chi connectivity index (χ2n) is 6.39. The molecule has 2 heterocycles. The molecule has 2 N–H and O–H groups in total. The quantitative estimate of drug-likeness (QED) is 0.866. The van der Waals surface area contributed by atoms with Gasteiger partial charge >= 0.3 is 12.6 Å². The highest BCUT2D eigenvalue weighted by atomic mass is 19.3. The van der Waals surface area contributed by atoms with Crippen molar-refractivity contribution in [1.29, 1.82) is 0 Å². The van der Waals surface area contributed by atoms with Gasteiger partial charge in [-0.1, -0.05) is 18.2 Å². The standard InChI is InChI=1S/C17H22F2N2O3/c18-16(19)24-15-4-2-1-3-11(15)7-8-20-17(23)21-12-5-6-13(21)10-14(22)9-12/h1-4,12-14,16,22H,5-10H2,(H,20,23)/t12-,13-/m0/s1. The summed E-state index contributed by atoms with van der Waals surface area (Å²) < 4.78 is 29.3. The minimum Gasteiger partial charge on any atom is -0.435 e. The smallest absolute Gasteiger partial charge is 0.387 e. The summed E-state index contributed by atoms with van der Waals surface area (Å²) in [5.74, 6) is 0.142. The van der Waals surface area contributed by atoms with E-state index in [0.717, 1.165) is 12.8 Å². The number of hydrogen-bond donors (Lipinski definition) is 2. The first-order valence-electron chi connectivity index (χ1n) is 8.31. The summed E-state index contributed by atoms with van der Waals surface area (Å²) in [6, 6.07) is 6.67. The number of nitrogens with one attached hydrogen (secondary N) is 1. The normalized spacial score (nSPS) is 25.8. The third-order valence-corrected chi connectivity index (χ3v) is 4.80. The molecule has 1 aromatic rings. The lowest BCUT2D eigenvalue weighted by Crippen LogP contribution is -2.52. The van der Waals surface area contributed by atoms with Crippen molar-refractivity contribution in [3.05, 3.63) is 29.8 Å². The monoisotopic (exact) mass is 340 g/mol. The Hall–Kier alpha value is -1.89. The van der Waals surface area contributed by atoms with Crippen LogP contribution in [-0.2, 0) is 6.42 Å². The van der Waals surface area contributed by atoms with Crippen LogP contribution in [0.1, 0.15) is 31.2 Å². The molecule has 24 heavy (non-hydrogen) atoms. The molecule has 0 unspecified atom stereocenters. The molecule has 2 saturated heterocycles. The number of para-hydroxylation sites is 1. The van der Waals surface area contributed by atoms with E-state index in [1.54, 1.807) is 18.2 Å². The number of amides is 2. The first-order valence-corrected chi connectivity index (χ1v) is 8.31. The van der Waals surface area contributed by atoms with Crippen LogP contribution in [-0.4, -0.2) is 47.4 Å². The third-order valence-electron chi connectivity index (χ3n) is 4.80. The largest absolute Gasteiger partial charge is 0.435 e. The van der Waals surface area contributed by atoms with Gasteiger partial charge in [-0.3, -0.25) is 0 Å². The fraction of sp³-hybridized carbons (Fsp3) is 0.588. The minimum atomic E-state index is -2.86. The van der Waals surface area contributed by atoms with E-state index in [1.807, 2.05) is 4.90 Å². The van der Waals surface area contributed by atoms with Crippen molar-refractivity contribution in [1.82, 2.24) is 10.2 Å². The Morgan fingerprint density at radius 2 is 1.96 bits per heavy atom. The number of carbonyl (C=O) groups is 1. The summed E-state index contributed by atoms with van der Waals surface area (Å²) in [6.45, 7) is -2.52. The Balaban J connectivity index is 1.53. The maximum absolute atomic E-state index is 12.4. The number of piperidine rings is 1. The number of rotatable bonds is 5. The highest BCUT2D eigenvalue weighted by Crippen LogP contribution is 2.35. The third kappa shape index (κ3) is 3.77. The lowest BCUT2D eigenvalue weighted by Gasteiger charge is -2.37. The molecule has 132 valence electrons. The van der Waals surface area contributed by atoms with Crippen molar-refractivity contribution in [3.63, 3.8) is 0 Å². The SMILES string of the molecule is O=C(NCCc1ccccc1OC(F)F)N1[C@H]2CC[C@H]1CC(O)C2. The Morgan fingerprint density at radius 1 is 1.29 bits per heavy atom. The summed E-state index contributed by atoms with van der Waals surface area (Å²) in [7, 11) is 0. The highest BCUT2D eigenvalue weighted by molar-refractivity contribution is 5.75. The van der Waals surface area contributed by atoms with Crippen molar-refractivity contribution in [2.75, 3.05) is 6.54 Å². The van der Waals surface area contributed by atoms with Gasteiger partial charge in [0.2, 0.25) is 0 Å². The van der Waals surface area contributed by atoms with Crippen molar-refractivity contribution in [3.8, 4) is 5.75 Å². The molecule has 2 bridgehead atoms. The van der Waals surface area contributed by atoms with E-state index >= 15 is 0 Å². The van der Waals surface area contributed by atoms with E-state index in [0.29, 0.717) is 31.4 Å². The average molecular weight is 340 g/mol. The van der Waals surface area contributed by atoms with Crippen LogP contribution < -0.4 is 10.1 Å². The number of aliphatic hydroxyl groups is 1. The van der Waals surface area contributed by atoms with Crippen molar-refractivity contribution >= 4 is 6.03 Å². The molecule has 2 atom stereocenters. The van der Waals surface area contributed by atoms with E-state index in [4.69, 9.17) is 0 Å². The van der Waals surface area contributed by atoms with E-state index < -0.39 is 6.61 Å². The predicted molar refractivity (Wildman–Crippen MR) is 84.1 cm³/mol. The lowest BCUT2D eigenvalue weighted by molar-refractivity contribution is -0.0504. The topological polar surface area (TPSA) is 61.8 Å². The van der Waals surface area contributed by atoms with Gasteiger partial charge in [-0.05, 0) is 43.7 Å². The van der Waals surface area contributed by atoms with E-state index in [9.17, 15) is 18.7 Å². The number of hydrogen-bond acceptors (Lipinski definition) is 3.